The number of hydrogen-bond acceptors (Lipinski definition) is 2. The molecule has 0 aliphatic rings. The molecule has 0 amide bonds. The summed E-state index contributed by atoms with van der Waals surface area (Å²) in [6, 6.07) is 39.8. The van der Waals surface area contributed by atoms with Crippen molar-refractivity contribution in [2.75, 3.05) is 0 Å². The summed E-state index contributed by atoms with van der Waals surface area (Å²) < 4.78 is 1.64. The molecule has 5 rings (SSSR count). The average Bonchev–Trinajstić information content (AvgIpc) is 2.90. The number of rotatable bonds is 5. The molecule has 0 aliphatic carbocycles. The van der Waals surface area contributed by atoms with Gasteiger partial charge in [-0.1, -0.05) is 109 Å². The van der Waals surface area contributed by atoms with Crippen LogP contribution in [0.3, 0.4) is 0 Å². The number of carbonyl (C=O) groups excluding carboxylic acids is 1. The Morgan fingerprint density at radius 3 is 1.64 bits per heavy atom. The monoisotopic (exact) mass is 427 g/mol. The number of benzene rings is 4. The quantitative estimate of drug-likeness (QED) is 0.304. The van der Waals surface area contributed by atoms with Gasteiger partial charge in [-0.15, -0.1) is 0 Å². The van der Waals surface area contributed by atoms with Gasteiger partial charge in [-0.25, -0.2) is 0 Å². The Morgan fingerprint density at radius 1 is 0.576 bits per heavy atom. The van der Waals surface area contributed by atoms with Crippen molar-refractivity contribution < 1.29 is 4.79 Å². The Balaban J connectivity index is 1.89. The van der Waals surface area contributed by atoms with E-state index >= 15 is 0 Å². The van der Waals surface area contributed by atoms with Crippen molar-refractivity contribution in [3.8, 4) is 28.1 Å². The molecule has 0 spiro atoms. The molecule has 0 atom stereocenters. The number of nitrogens with zero attached hydrogens (tertiary/aromatic N) is 1. The lowest BCUT2D eigenvalue weighted by Gasteiger charge is -2.18. The number of para-hydroxylation sites is 1. The highest BCUT2D eigenvalue weighted by Crippen LogP contribution is 2.30. The molecule has 0 unspecified atom stereocenters. The summed E-state index contributed by atoms with van der Waals surface area (Å²) in [6.45, 7) is 0. The van der Waals surface area contributed by atoms with E-state index in [1.54, 1.807) is 16.7 Å². The summed E-state index contributed by atoms with van der Waals surface area (Å²) in [6.07, 6.45) is 0. The van der Waals surface area contributed by atoms with Gasteiger partial charge in [-0.2, -0.15) is 0 Å². The Morgan fingerprint density at radius 2 is 1.06 bits per heavy atom. The van der Waals surface area contributed by atoms with Crippen LogP contribution in [0, 0.1) is 0 Å². The molecule has 0 saturated heterocycles. The van der Waals surface area contributed by atoms with E-state index in [4.69, 9.17) is 0 Å². The van der Waals surface area contributed by atoms with Gasteiger partial charge in [-0.05, 0) is 29.3 Å². The third kappa shape index (κ3) is 3.92. The summed E-state index contributed by atoms with van der Waals surface area (Å²) >= 11 is 0. The average molecular weight is 428 g/mol. The van der Waals surface area contributed by atoms with E-state index in [0.717, 1.165) is 16.8 Å². The highest BCUT2D eigenvalue weighted by Gasteiger charge is 2.24. The van der Waals surface area contributed by atoms with E-state index in [2.05, 4.69) is 0 Å². The van der Waals surface area contributed by atoms with Gasteiger partial charge >= 0.3 is 0 Å². The van der Waals surface area contributed by atoms with Crippen LogP contribution in [-0.2, 0) is 0 Å². The largest absolute Gasteiger partial charge is 0.288 e. The van der Waals surface area contributed by atoms with Crippen molar-refractivity contribution in [2.24, 2.45) is 0 Å². The molecule has 1 aromatic heterocycles. The number of hydrogen-bond donors (Lipinski definition) is 0. The van der Waals surface area contributed by atoms with Crippen molar-refractivity contribution in [1.29, 1.82) is 0 Å². The molecule has 5 aromatic rings. The van der Waals surface area contributed by atoms with E-state index in [1.165, 1.54) is 0 Å². The van der Waals surface area contributed by atoms with Gasteiger partial charge < -0.3 is 0 Å². The molecule has 0 saturated carbocycles. The Labute approximate surface area is 192 Å². The fraction of sp³-hybridized carbons (Fsp3) is 0. The third-order valence-electron chi connectivity index (χ3n) is 5.64. The van der Waals surface area contributed by atoms with E-state index in [1.807, 2.05) is 115 Å². The maximum atomic E-state index is 14.1. The molecule has 33 heavy (non-hydrogen) atoms. The molecule has 0 fully saturated rings. The topological polar surface area (TPSA) is 39.1 Å². The molecule has 0 N–H and O–H groups in total. The second-order valence-corrected chi connectivity index (χ2v) is 7.72. The van der Waals surface area contributed by atoms with Crippen LogP contribution in [0.15, 0.2) is 132 Å². The van der Waals surface area contributed by atoms with Gasteiger partial charge in [-0.3, -0.25) is 14.2 Å². The van der Waals surface area contributed by atoms with Crippen LogP contribution >= 0.6 is 0 Å². The molecular formula is C30H21NO2. The molecule has 0 aliphatic heterocycles. The first kappa shape index (κ1) is 20.4. The van der Waals surface area contributed by atoms with Crippen molar-refractivity contribution in [3.63, 3.8) is 0 Å². The molecular weight excluding hydrogens is 406 g/mol. The van der Waals surface area contributed by atoms with Crippen LogP contribution in [0.5, 0.6) is 0 Å². The van der Waals surface area contributed by atoms with Gasteiger partial charge in [0, 0.05) is 16.8 Å². The summed E-state index contributed by atoms with van der Waals surface area (Å²) in [5.74, 6) is -0.288. The van der Waals surface area contributed by atoms with Crippen LogP contribution in [-0.4, -0.2) is 10.4 Å². The lowest BCUT2D eigenvalue weighted by atomic mass is 9.93. The fourth-order valence-electron chi connectivity index (χ4n) is 4.06. The van der Waals surface area contributed by atoms with Gasteiger partial charge in [0.25, 0.3) is 5.56 Å². The van der Waals surface area contributed by atoms with Crippen LogP contribution < -0.4 is 5.56 Å². The first-order chi connectivity index (χ1) is 16.2. The van der Waals surface area contributed by atoms with Crippen molar-refractivity contribution in [1.82, 2.24) is 4.57 Å². The molecule has 158 valence electrons. The normalized spacial score (nSPS) is 10.7. The number of aromatic nitrogens is 1. The SMILES string of the molecule is O=C(c1ccccc1)c1c(-c2ccccc2)cc(-c2ccccc2)n(-c2ccccc2)c1=O. The van der Waals surface area contributed by atoms with Crippen LogP contribution in [0.2, 0.25) is 0 Å². The summed E-state index contributed by atoms with van der Waals surface area (Å²) in [4.78, 5) is 27.8. The van der Waals surface area contributed by atoms with Gasteiger partial charge in [0.1, 0.15) is 0 Å². The zero-order valence-corrected chi connectivity index (χ0v) is 17.9. The second kappa shape index (κ2) is 8.93. The van der Waals surface area contributed by atoms with Gasteiger partial charge in [0.15, 0.2) is 5.78 Å². The minimum absolute atomic E-state index is 0.163. The van der Waals surface area contributed by atoms with E-state index < -0.39 is 0 Å². The Kier molecular flexibility index (Phi) is 5.52. The zero-order valence-electron chi connectivity index (χ0n) is 17.9. The Bertz CT molecular complexity index is 1460. The number of carbonyl (C=O) groups is 1. The maximum absolute atomic E-state index is 14.1. The first-order valence-corrected chi connectivity index (χ1v) is 10.8. The second-order valence-electron chi connectivity index (χ2n) is 7.72. The third-order valence-corrected chi connectivity index (χ3v) is 5.64. The van der Waals surface area contributed by atoms with E-state index in [9.17, 15) is 9.59 Å². The lowest BCUT2D eigenvalue weighted by molar-refractivity contribution is 0.103. The zero-order chi connectivity index (χ0) is 22.6. The summed E-state index contributed by atoms with van der Waals surface area (Å²) in [7, 11) is 0. The first-order valence-electron chi connectivity index (χ1n) is 10.8. The Hall–Kier alpha value is -4.50. The fourth-order valence-corrected chi connectivity index (χ4v) is 4.06. The predicted octanol–water partition coefficient (Wildman–Crippen LogP) is 6.40. The van der Waals surface area contributed by atoms with Crippen molar-refractivity contribution in [2.45, 2.75) is 0 Å². The van der Waals surface area contributed by atoms with E-state index in [-0.39, 0.29) is 16.9 Å². The molecule has 0 bridgehead atoms. The van der Waals surface area contributed by atoms with Crippen molar-refractivity contribution >= 4 is 5.78 Å². The van der Waals surface area contributed by atoms with Gasteiger partial charge in [0.2, 0.25) is 0 Å². The van der Waals surface area contributed by atoms with Crippen LogP contribution in [0.4, 0.5) is 0 Å². The van der Waals surface area contributed by atoms with E-state index in [0.29, 0.717) is 16.8 Å². The number of pyridine rings is 1. The summed E-state index contributed by atoms with van der Waals surface area (Å²) in [5, 5.41) is 0. The minimum atomic E-state index is -0.338. The lowest BCUT2D eigenvalue weighted by Crippen LogP contribution is -2.28. The van der Waals surface area contributed by atoms with Gasteiger partial charge in [0.05, 0.1) is 11.3 Å². The van der Waals surface area contributed by atoms with Crippen LogP contribution in [0.1, 0.15) is 15.9 Å². The smallest absolute Gasteiger partial charge is 0.267 e. The highest BCUT2D eigenvalue weighted by atomic mass is 16.1. The highest BCUT2D eigenvalue weighted by molar-refractivity contribution is 6.13. The molecule has 3 heteroatoms. The summed E-state index contributed by atoms with van der Waals surface area (Å²) in [5.41, 5.74) is 4.10. The maximum Gasteiger partial charge on any atom is 0.267 e. The minimum Gasteiger partial charge on any atom is -0.288 e. The van der Waals surface area contributed by atoms with Crippen molar-refractivity contribution in [3.05, 3.63) is 149 Å². The molecule has 1 heterocycles. The van der Waals surface area contributed by atoms with Crippen LogP contribution in [0.25, 0.3) is 28.1 Å². The number of ketones is 1. The molecule has 0 radical (unpaired) electrons. The molecule has 4 aromatic carbocycles. The predicted molar refractivity (Wildman–Crippen MR) is 133 cm³/mol. The standard InChI is InChI=1S/C30H21NO2/c32-29(24-17-9-3-10-18-24)28-26(22-13-5-1-6-14-22)21-27(23-15-7-2-8-16-23)31(30(28)33)25-19-11-4-12-20-25/h1-21H. The molecule has 3 nitrogen and oxygen atoms in total.